The van der Waals surface area contributed by atoms with E-state index in [2.05, 4.69) is 23.5 Å². The van der Waals surface area contributed by atoms with E-state index in [4.69, 9.17) is 10.00 Å². The normalized spacial score (nSPS) is 22.1. The van der Waals surface area contributed by atoms with Gasteiger partial charge in [-0.05, 0) is 23.3 Å². The van der Waals surface area contributed by atoms with E-state index in [0.29, 0.717) is 12.2 Å². The molecule has 1 saturated heterocycles. The minimum atomic E-state index is -0.0991. The Balaban J connectivity index is 1.73. The summed E-state index contributed by atoms with van der Waals surface area (Å²) in [4.78, 5) is 0. The number of ether oxygens (including phenoxy) is 1. The van der Waals surface area contributed by atoms with Gasteiger partial charge in [-0.3, -0.25) is 5.32 Å². The molecular weight excluding hydrogens is 236 g/mol. The van der Waals surface area contributed by atoms with Gasteiger partial charge in [0.25, 0.3) is 0 Å². The van der Waals surface area contributed by atoms with Gasteiger partial charge in [0, 0.05) is 0 Å². The highest BCUT2D eigenvalue weighted by Gasteiger charge is 2.26. The van der Waals surface area contributed by atoms with Gasteiger partial charge in [-0.25, -0.2) is 0 Å². The van der Waals surface area contributed by atoms with Gasteiger partial charge in [-0.1, -0.05) is 42.5 Å². The Morgan fingerprint density at radius 1 is 1.00 bits per heavy atom. The van der Waals surface area contributed by atoms with Crippen molar-refractivity contribution in [2.75, 3.05) is 6.61 Å². The standard InChI is InChI=1S/C16H14N2O/c17-10-12-6-8-14(9-7-12)16-18-15(11-19-16)13-4-2-1-3-5-13/h1-9,15-16,18H,11H2/t15-,16-/m1/s1. The first-order chi connectivity index (χ1) is 9.36. The van der Waals surface area contributed by atoms with E-state index in [-0.39, 0.29) is 12.3 Å². The molecule has 0 unspecified atom stereocenters. The molecule has 0 spiro atoms. The van der Waals surface area contributed by atoms with Crippen molar-refractivity contribution in [2.45, 2.75) is 12.3 Å². The zero-order valence-electron chi connectivity index (χ0n) is 10.4. The predicted octanol–water partition coefficient (Wildman–Crippen LogP) is 2.92. The van der Waals surface area contributed by atoms with Gasteiger partial charge in [0.15, 0.2) is 0 Å². The number of nitrogens with one attached hydrogen (secondary N) is 1. The van der Waals surface area contributed by atoms with Crippen molar-refractivity contribution in [1.82, 2.24) is 5.32 Å². The van der Waals surface area contributed by atoms with Gasteiger partial charge in [0.1, 0.15) is 6.23 Å². The smallest absolute Gasteiger partial charge is 0.134 e. The van der Waals surface area contributed by atoms with E-state index in [1.807, 2.05) is 42.5 Å². The molecule has 94 valence electrons. The van der Waals surface area contributed by atoms with Crippen LogP contribution in [0.4, 0.5) is 0 Å². The topological polar surface area (TPSA) is 45.0 Å². The molecule has 3 rings (SSSR count). The monoisotopic (exact) mass is 250 g/mol. The Labute approximate surface area is 112 Å². The molecule has 1 fully saturated rings. The molecule has 3 heteroatoms. The Bertz CT molecular complexity index is 586. The first-order valence-corrected chi connectivity index (χ1v) is 6.29. The van der Waals surface area contributed by atoms with E-state index in [9.17, 15) is 0 Å². The maximum Gasteiger partial charge on any atom is 0.134 e. The third-order valence-electron chi connectivity index (χ3n) is 3.33. The van der Waals surface area contributed by atoms with Gasteiger partial charge in [0.2, 0.25) is 0 Å². The van der Waals surface area contributed by atoms with E-state index in [0.717, 1.165) is 5.56 Å². The van der Waals surface area contributed by atoms with E-state index in [1.165, 1.54) is 5.56 Å². The van der Waals surface area contributed by atoms with Crippen molar-refractivity contribution in [1.29, 1.82) is 5.26 Å². The van der Waals surface area contributed by atoms with Gasteiger partial charge in [0.05, 0.1) is 24.3 Å². The molecule has 1 aliphatic heterocycles. The van der Waals surface area contributed by atoms with Crippen molar-refractivity contribution in [3.05, 3.63) is 71.3 Å². The molecule has 3 nitrogen and oxygen atoms in total. The Morgan fingerprint density at radius 2 is 1.74 bits per heavy atom. The second-order valence-corrected chi connectivity index (χ2v) is 4.58. The summed E-state index contributed by atoms with van der Waals surface area (Å²) in [5, 5.41) is 12.2. The minimum Gasteiger partial charge on any atom is -0.357 e. The SMILES string of the molecule is N#Cc1ccc([C@@H]2N[C@@H](c3ccccc3)CO2)cc1. The Morgan fingerprint density at radius 3 is 2.42 bits per heavy atom. The summed E-state index contributed by atoms with van der Waals surface area (Å²) in [6, 6.07) is 20.1. The second kappa shape index (κ2) is 5.23. The van der Waals surface area contributed by atoms with Crippen LogP contribution in [0.3, 0.4) is 0 Å². The Kier molecular flexibility index (Phi) is 3.28. The molecule has 0 aliphatic carbocycles. The highest BCUT2D eigenvalue weighted by molar-refractivity contribution is 5.33. The lowest BCUT2D eigenvalue weighted by atomic mass is 10.1. The van der Waals surface area contributed by atoms with Crippen LogP contribution >= 0.6 is 0 Å². The summed E-state index contributed by atoms with van der Waals surface area (Å²) in [6.07, 6.45) is -0.0991. The summed E-state index contributed by atoms with van der Waals surface area (Å²) in [5.41, 5.74) is 2.96. The van der Waals surface area contributed by atoms with E-state index in [1.54, 1.807) is 0 Å². The Hall–Kier alpha value is -2.15. The summed E-state index contributed by atoms with van der Waals surface area (Å²) in [5.74, 6) is 0. The third kappa shape index (κ3) is 2.50. The number of hydrogen-bond acceptors (Lipinski definition) is 3. The molecule has 0 aromatic heterocycles. The lowest BCUT2D eigenvalue weighted by molar-refractivity contribution is 0.101. The first kappa shape index (κ1) is 11.9. The average Bonchev–Trinajstić information content (AvgIpc) is 2.98. The lowest BCUT2D eigenvalue weighted by Crippen LogP contribution is -2.18. The molecule has 2 aromatic rings. The molecule has 19 heavy (non-hydrogen) atoms. The van der Waals surface area contributed by atoms with Crippen LogP contribution in [0.25, 0.3) is 0 Å². The van der Waals surface area contributed by atoms with Crippen LogP contribution in [0.1, 0.15) is 29.0 Å². The fraction of sp³-hybridized carbons (Fsp3) is 0.188. The second-order valence-electron chi connectivity index (χ2n) is 4.58. The predicted molar refractivity (Wildman–Crippen MR) is 72.2 cm³/mol. The van der Waals surface area contributed by atoms with Gasteiger partial charge >= 0.3 is 0 Å². The molecule has 0 radical (unpaired) electrons. The van der Waals surface area contributed by atoms with Crippen LogP contribution < -0.4 is 5.32 Å². The fourth-order valence-electron chi connectivity index (χ4n) is 2.27. The van der Waals surface area contributed by atoms with Crippen LogP contribution in [0, 0.1) is 11.3 Å². The quantitative estimate of drug-likeness (QED) is 0.891. The molecule has 0 amide bonds. The molecule has 1 N–H and O–H groups in total. The molecule has 2 aromatic carbocycles. The molecule has 0 bridgehead atoms. The van der Waals surface area contributed by atoms with Crippen LogP contribution in [0.15, 0.2) is 54.6 Å². The minimum absolute atomic E-state index is 0.0991. The average molecular weight is 250 g/mol. The zero-order valence-corrected chi connectivity index (χ0v) is 10.4. The lowest BCUT2D eigenvalue weighted by Gasteiger charge is -2.12. The zero-order chi connectivity index (χ0) is 13.1. The van der Waals surface area contributed by atoms with Crippen molar-refractivity contribution in [3.8, 4) is 6.07 Å². The number of benzene rings is 2. The molecule has 0 saturated carbocycles. The molecular formula is C16H14N2O. The third-order valence-corrected chi connectivity index (χ3v) is 3.33. The van der Waals surface area contributed by atoms with Crippen molar-refractivity contribution in [3.63, 3.8) is 0 Å². The highest BCUT2D eigenvalue weighted by atomic mass is 16.5. The van der Waals surface area contributed by atoms with E-state index >= 15 is 0 Å². The molecule has 1 aliphatic rings. The molecule has 2 atom stereocenters. The van der Waals surface area contributed by atoms with Gasteiger partial charge in [-0.15, -0.1) is 0 Å². The fourth-order valence-corrected chi connectivity index (χ4v) is 2.27. The number of nitriles is 1. The van der Waals surface area contributed by atoms with Crippen LogP contribution in [0.5, 0.6) is 0 Å². The van der Waals surface area contributed by atoms with Gasteiger partial charge in [-0.2, -0.15) is 5.26 Å². The summed E-state index contributed by atoms with van der Waals surface area (Å²) in [6.45, 7) is 0.661. The van der Waals surface area contributed by atoms with Crippen LogP contribution in [-0.4, -0.2) is 6.61 Å². The van der Waals surface area contributed by atoms with Crippen molar-refractivity contribution in [2.24, 2.45) is 0 Å². The number of rotatable bonds is 2. The highest BCUT2D eigenvalue weighted by Crippen LogP contribution is 2.28. The summed E-state index contributed by atoms with van der Waals surface area (Å²) in [7, 11) is 0. The van der Waals surface area contributed by atoms with Gasteiger partial charge < -0.3 is 4.74 Å². The van der Waals surface area contributed by atoms with Crippen molar-refractivity contribution < 1.29 is 4.74 Å². The number of nitrogens with zero attached hydrogens (tertiary/aromatic N) is 1. The first-order valence-electron chi connectivity index (χ1n) is 6.29. The summed E-state index contributed by atoms with van der Waals surface area (Å²) < 4.78 is 5.79. The maximum absolute atomic E-state index is 8.79. The van der Waals surface area contributed by atoms with Crippen LogP contribution in [-0.2, 0) is 4.74 Å². The van der Waals surface area contributed by atoms with E-state index < -0.39 is 0 Å². The largest absolute Gasteiger partial charge is 0.357 e. The number of hydrogen-bond donors (Lipinski definition) is 1. The molecule has 1 heterocycles. The summed E-state index contributed by atoms with van der Waals surface area (Å²) >= 11 is 0. The van der Waals surface area contributed by atoms with Crippen LogP contribution in [0.2, 0.25) is 0 Å². The van der Waals surface area contributed by atoms with Crippen molar-refractivity contribution >= 4 is 0 Å². The maximum atomic E-state index is 8.79.